The Labute approximate surface area is 129 Å². The summed E-state index contributed by atoms with van der Waals surface area (Å²) in [6.07, 6.45) is -3.08. The van der Waals surface area contributed by atoms with Crippen LogP contribution < -0.4 is 5.32 Å². The fourth-order valence-electron chi connectivity index (χ4n) is 2.69. The molecule has 2 rings (SSSR count). The molecule has 126 valence electrons. The molecule has 0 amide bonds. The summed E-state index contributed by atoms with van der Waals surface area (Å²) in [5, 5.41) is 13.9. The molecule has 1 aromatic carbocycles. The molecule has 0 radical (unpaired) electrons. The van der Waals surface area contributed by atoms with Crippen molar-refractivity contribution in [2.75, 3.05) is 12.4 Å². The maximum atomic E-state index is 12.7. The van der Waals surface area contributed by atoms with E-state index in [-0.39, 0.29) is 23.6 Å². The summed E-state index contributed by atoms with van der Waals surface area (Å²) in [5.41, 5.74) is -1.70. The molecule has 0 aliphatic heterocycles. The lowest BCUT2D eigenvalue weighted by molar-refractivity contribution is -0.384. The zero-order chi connectivity index (χ0) is 17.2. The van der Waals surface area contributed by atoms with Crippen LogP contribution in [0, 0.1) is 16.0 Å². The van der Waals surface area contributed by atoms with Crippen LogP contribution in [-0.4, -0.2) is 24.0 Å². The Bertz CT molecular complexity index is 619. The number of nitrogens with one attached hydrogen (secondary N) is 1. The molecule has 1 aliphatic rings. The fourth-order valence-corrected chi connectivity index (χ4v) is 2.69. The topological polar surface area (TPSA) is 81.5 Å². The van der Waals surface area contributed by atoms with Crippen molar-refractivity contribution in [3.63, 3.8) is 0 Å². The number of rotatable bonds is 4. The first-order valence-corrected chi connectivity index (χ1v) is 6.92. The molecule has 0 spiro atoms. The Kier molecular flexibility index (Phi) is 4.76. The summed E-state index contributed by atoms with van der Waals surface area (Å²) in [5.74, 6) is -0.651. The first kappa shape index (κ1) is 17.0. The van der Waals surface area contributed by atoms with Gasteiger partial charge in [-0.05, 0) is 31.4 Å². The highest BCUT2D eigenvalue weighted by molar-refractivity contribution is 5.73. The highest BCUT2D eigenvalue weighted by atomic mass is 19.4. The number of nitrogens with zero attached hydrogens (tertiary/aromatic N) is 1. The van der Waals surface area contributed by atoms with Crippen molar-refractivity contribution >= 4 is 17.3 Å². The smallest absolute Gasteiger partial charge is 0.416 e. The van der Waals surface area contributed by atoms with E-state index in [0.717, 1.165) is 12.1 Å². The Morgan fingerprint density at radius 3 is 2.65 bits per heavy atom. The third-order valence-electron chi connectivity index (χ3n) is 3.85. The van der Waals surface area contributed by atoms with Crippen LogP contribution in [-0.2, 0) is 15.7 Å². The lowest BCUT2D eigenvalue weighted by atomic mass is 10.1. The SMILES string of the molecule is COC(=O)[C@H]1CC[C@@H](Nc2ccc(C(F)(F)F)cc2[N+](=O)[O-])C1. The number of ether oxygens (including phenoxy) is 1. The van der Waals surface area contributed by atoms with E-state index in [2.05, 4.69) is 10.1 Å². The average molecular weight is 332 g/mol. The van der Waals surface area contributed by atoms with Crippen molar-refractivity contribution in [3.05, 3.63) is 33.9 Å². The lowest BCUT2D eigenvalue weighted by Crippen LogP contribution is -2.19. The van der Waals surface area contributed by atoms with Crippen LogP contribution in [0.25, 0.3) is 0 Å². The molecule has 1 saturated carbocycles. The first-order valence-electron chi connectivity index (χ1n) is 6.92. The van der Waals surface area contributed by atoms with Crippen LogP contribution in [0.4, 0.5) is 24.5 Å². The van der Waals surface area contributed by atoms with Gasteiger partial charge in [-0.25, -0.2) is 0 Å². The summed E-state index contributed by atoms with van der Waals surface area (Å²) in [6.45, 7) is 0. The van der Waals surface area contributed by atoms with Gasteiger partial charge in [0, 0.05) is 12.1 Å². The largest absolute Gasteiger partial charge is 0.469 e. The third kappa shape index (κ3) is 3.91. The summed E-state index contributed by atoms with van der Waals surface area (Å²) in [7, 11) is 1.28. The van der Waals surface area contributed by atoms with Crippen molar-refractivity contribution in [2.45, 2.75) is 31.5 Å². The molecule has 9 heteroatoms. The molecule has 0 unspecified atom stereocenters. The van der Waals surface area contributed by atoms with Gasteiger partial charge in [0.15, 0.2) is 0 Å². The Hall–Kier alpha value is -2.32. The predicted molar refractivity (Wildman–Crippen MR) is 74.9 cm³/mol. The quantitative estimate of drug-likeness (QED) is 0.519. The van der Waals surface area contributed by atoms with Gasteiger partial charge in [0.25, 0.3) is 5.69 Å². The molecule has 0 bridgehead atoms. The van der Waals surface area contributed by atoms with Crippen LogP contribution in [0.2, 0.25) is 0 Å². The number of esters is 1. The standard InChI is InChI=1S/C14H15F3N2O4/c1-23-13(20)8-2-4-10(6-8)18-11-5-3-9(14(15,16)17)7-12(11)19(21)22/h3,5,7-8,10,18H,2,4,6H2,1H3/t8-,10+/m0/s1. The van der Waals surface area contributed by atoms with Crippen LogP contribution in [0.5, 0.6) is 0 Å². The summed E-state index contributed by atoms with van der Waals surface area (Å²) >= 11 is 0. The second-order valence-electron chi connectivity index (χ2n) is 5.36. The normalized spacial score (nSPS) is 21.0. The zero-order valence-electron chi connectivity index (χ0n) is 12.2. The van der Waals surface area contributed by atoms with Gasteiger partial charge >= 0.3 is 12.1 Å². The van der Waals surface area contributed by atoms with Gasteiger partial charge in [-0.15, -0.1) is 0 Å². The molecule has 1 N–H and O–H groups in total. The Balaban J connectivity index is 2.17. The summed E-state index contributed by atoms with van der Waals surface area (Å²) < 4.78 is 42.6. The van der Waals surface area contributed by atoms with Crippen molar-refractivity contribution in [1.29, 1.82) is 0 Å². The van der Waals surface area contributed by atoms with Gasteiger partial charge in [0.05, 0.1) is 23.5 Å². The monoisotopic (exact) mass is 332 g/mol. The number of hydrogen-bond donors (Lipinski definition) is 1. The average Bonchev–Trinajstić information content (AvgIpc) is 2.94. The van der Waals surface area contributed by atoms with Gasteiger partial charge in [0.1, 0.15) is 5.69 Å². The molecule has 23 heavy (non-hydrogen) atoms. The van der Waals surface area contributed by atoms with Crippen LogP contribution in [0.15, 0.2) is 18.2 Å². The highest BCUT2D eigenvalue weighted by Crippen LogP contribution is 2.37. The van der Waals surface area contributed by atoms with Crippen molar-refractivity contribution in [1.82, 2.24) is 0 Å². The molecular formula is C14H15F3N2O4. The molecule has 0 saturated heterocycles. The van der Waals surface area contributed by atoms with Crippen molar-refractivity contribution in [3.8, 4) is 0 Å². The van der Waals surface area contributed by atoms with E-state index >= 15 is 0 Å². The number of carbonyl (C=O) groups excluding carboxylic acids is 1. The maximum Gasteiger partial charge on any atom is 0.416 e. The van der Waals surface area contributed by atoms with Crippen LogP contribution in [0.3, 0.4) is 0 Å². The second-order valence-corrected chi connectivity index (χ2v) is 5.36. The Morgan fingerprint density at radius 2 is 2.09 bits per heavy atom. The van der Waals surface area contributed by atoms with Gasteiger partial charge in [-0.2, -0.15) is 13.2 Å². The lowest BCUT2D eigenvalue weighted by Gasteiger charge is -2.15. The molecule has 2 atom stereocenters. The highest BCUT2D eigenvalue weighted by Gasteiger charge is 2.35. The fraction of sp³-hybridized carbons (Fsp3) is 0.500. The minimum atomic E-state index is -4.65. The molecule has 1 aliphatic carbocycles. The van der Waals surface area contributed by atoms with Gasteiger partial charge in [0.2, 0.25) is 0 Å². The number of nitro groups is 1. The van der Waals surface area contributed by atoms with E-state index in [1.807, 2.05) is 0 Å². The molecule has 1 fully saturated rings. The van der Waals surface area contributed by atoms with Crippen LogP contribution in [0.1, 0.15) is 24.8 Å². The molecular weight excluding hydrogens is 317 g/mol. The minimum Gasteiger partial charge on any atom is -0.469 e. The number of methoxy groups -OCH3 is 1. The van der Waals surface area contributed by atoms with Crippen LogP contribution >= 0.6 is 0 Å². The van der Waals surface area contributed by atoms with E-state index < -0.39 is 22.4 Å². The molecule has 0 aromatic heterocycles. The van der Waals surface area contributed by atoms with Gasteiger partial charge in [-0.1, -0.05) is 0 Å². The number of anilines is 1. The van der Waals surface area contributed by atoms with Gasteiger partial charge < -0.3 is 10.1 Å². The van der Waals surface area contributed by atoms with Crippen molar-refractivity contribution < 1.29 is 27.6 Å². The van der Waals surface area contributed by atoms with E-state index in [1.54, 1.807) is 0 Å². The number of benzene rings is 1. The zero-order valence-corrected chi connectivity index (χ0v) is 12.2. The number of halogens is 3. The number of carbonyl (C=O) groups is 1. The van der Waals surface area contributed by atoms with Gasteiger partial charge in [-0.3, -0.25) is 14.9 Å². The van der Waals surface area contributed by atoms with E-state index in [9.17, 15) is 28.1 Å². The minimum absolute atomic E-state index is 0.0125. The number of hydrogen-bond acceptors (Lipinski definition) is 5. The number of nitro benzene ring substituents is 1. The molecule has 1 aromatic rings. The first-order chi connectivity index (χ1) is 10.7. The van der Waals surface area contributed by atoms with Crippen molar-refractivity contribution in [2.24, 2.45) is 5.92 Å². The number of alkyl halides is 3. The summed E-state index contributed by atoms with van der Waals surface area (Å²) in [6, 6.07) is 2.12. The summed E-state index contributed by atoms with van der Waals surface area (Å²) in [4.78, 5) is 21.6. The molecule has 6 nitrogen and oxygen atoms in total. The van der Waals surface area contributed by atoms with E-state index in [0.29, 0.717) is 25.3 Å². The Morgan fingerprint density at radius 1 is 1.39 bits per heavy atom. The second kappa shape index (κ2) is 6.43. The van der Waals surface area contributed by atoms with E-state index in [4.69, 9.17) is 0 Å². The molecule has 0 heterocycles. The third-order valence-corrected chi connectivity index (χ3v) is 3.85. The van der Waals surface area contributed by atoms with E-state index in [1.165, 1.54) is 7.11 Å². The predicted octanol–water partition coefficient (Wildman–Crippen LogP) is 3.37. The maximum absolute atomic E-state index is 12.7.